The molecular formula is C6H12NO2+. The molecule has 3 heteroatoms. The summed E-state index contributed by atoms with van der Waals surface area (Å²) in [6, 6.07) is 0. The fourth-order valence-electron chi connectivity index (χ4n) is 0.347. The van der Waals surface area contributed by atoms with Gasteiger partial charge in [-0.2, -0.15) is 0 Å². The molecule has 0 radical (unpaired) electrons. The minimum Gasteiger partial charge on any atom is -0.299 e. The van der Waals surface area contributed by atoms with Crippen LogP contribution in [0.5, 0.6) is 0 Å². The molecule has 0 aliphatic rings. The smallest absolute Gasteiger partial charge is 0.299 e. The number of hydrogen-bond acceptors (Lipinski definition) is 2. The van der Waals surface area contributed by atoms with Crippen LogP contribution in [-0.4, -0.2) is 17.1 Å². The van der Waals surface area contributed by atoms with Crippen LogP contribution >= 0.6 is 0 Å². The zero-order valence-electron chi connectivity index (χ0n) is 5.96. The van der Waals surface area contributed by atoms with Crippen molar-refractivity contribution in [2.45, 2.75) is 32.8 Å². The van der Waals surface area contributed by atoms with Gasteiger partial charge in [-0.3, -0.25) is 9.84 Å². The Labute approximate surface area is 55.1 Å². The average molecular weight is 130 g/mol. The summed E-state index contributed by atoms with van der Waals surface area (Å²) in [6.45, 7) is 10.2. The van der Waals surface area contributed by atoms with Gasteiger partial charge in [0.25, 0.3) is 6.57 Å². The first-order valence-electron chi connectivity index (χ1n) is 2.71. The van der Waals surface area contributed by atoms with Gasteiger partial charge in [0, 0.05) is 0 Å². The van der Waals surface area contributed by atoms with E-state index in [2.05, 4.69) is 4.85 Å². The highest BCUT2D eigenvalue weighted by atomic mass is 16.6. The molecule has 0 spiro atoms. The third-order valence-corrected chi connectivity index (χ3v) is 0.586. The predicted molar refractivity (Wildman–Crippen MR) is 35.1 cm³/mol. The van der Waals surface area contributed by atoms with Crippen LogP contribution in [0.1, 0.15) is 20.8 Å². The molecule has 9 heavy (non-hydrogen) atoms. The van der Waals surface area contributed by atoms with Gasteiger partial charge in [-0.1, -0.05) is 0 Å². The van der Waals surface area contributed by atoms with E-state index >= 15 is 0 Å². The Morgan fingerprint density at radius 1 is 1.56 bits per heavy atom. The van der Waals surface area contributed by atoms with Crippen LogP contribution < -0.4 is 0 Å². The molecule has 0 fully saturated rings. The van der Waals surface area contributed by atoms with E-state index in [9.17, 15) is 0 Å². The van der Waals surface area contributed by atoms with Gasteiger partial charge in [0.05, 0.1) is 5.60 Å². The maximum absolute atomic E-state index is 8.68. The Bertz CT molecular complexity index is 120. The van der Waals surface area contributed by atoms with E-state index in [1.165, 1.54) is 0 Å². The largest absolute Gasteiger partial charge is 0.490 e. The second kappa shape index (κ2) is 2.81. The van der Waals surface area contributed by atoms with E-state index in [-0.39, 0.29) is 0 Å². The number of hydrogen-bond donors (Lipinski definition) is 1. The summed E-state index contributed by atoms with van der Waals surface area (Å²) < 4.78 is 4.85. The van der Waals surface area contributed by atoms with Gasteiger partial charge in [0.2, 0.25) is 0 Å². The van der Waals surface area contributed by atoms with Crippen molar-refractivity contribution >= 4 is 0 Å². The van der Waals surface area contributed by atoms with Gasteiger partial charge in [0.1, 0.15) is 0 Å². The quantitative estimate of drug-likeness (QED) is 0.538. The molecule has 1 unspecified atom stereocenters. The lowest BCUT2D eigenvalue weighted by Gasteiger charge is -2.15. The second-order valence-corrected chi connectivity index (χ2v) is 2.71. The van der Waals surface area contributed by atoms with Crippen LogP contribution in [0.3, 0.4) is 0 Å². The molecular weight excluding hydrogens is 118 g/mol. The normalized spacial score (nSPS) is 14.6. The molecule has 0 rings (SSSR count). The Hall–Kier alpha value is -0.590. The highest BCUT2D eigenvalue weighted by molar-refractivity contribution is 4.68. The molecule has 3 nitrogen and oxygen atoms in total. The van der Waals surface area contributed by atoms with Crippen LogP contribution in [0.2, 0.25) is 0 Å². The third-order valence-electron chi connectivity index (χ3n) is 0.586. The molecule has 0 aliphatic carbocycles. The monoisotopic (exact) mass is 130 g/mol. The van der Waals surface area contributed by atoms with Crippen molar-refractivity contribution in [1.82, 2.24) is 0 Å². The van der Waals surface area contributed by atoms with Gasteiger partial charge in [-0.05, 0) is 25.6 Å². The van der Waals surface area contributed by atoms with Crippen LogP contribution in [0.25, 0.3) is 4.85 Å². The summed E-state index contributed by atoms with van der Waals surface area (Å²) in [5, 5.41) is 8.68. The van der Waals surface area contributed by atoms with Crippen molar-refractivity contribution in [2.75, 3.05) is 0 Å². The molecule has 0 saturated heterocycles. The summed E-state index contributed by atoms with van der Waals surface area (Å²) in [5.74, 6) is 0. The highest BCUT2D eigenvalue weighted by Crippen LogP contribution is 2.09. The number of aliphatic hydroxyl groups is 1. The molecule has 0 aromatic heterocycles. The minimum atomic E-state index is -1.20. The van der Waals surface area contributed by atoms with Gasteiger partial charge < -0.3 is 0 Å². The van der Waals surface area contributed by atoms with E-state index in [1.54, 1.807) is 20.8 Å². The Kier molecular flexibility index (Phi) is 2.63. The number of rotatable bonds is 1. The molecule has 0 amide bonds. The molecule has 0 saturated carbocycles. The second-order valence-electron chi connectivity index (χ2n) is 2.71. The van der Waals surface area contributed by atoms with Crippen molar-refractivity contribution in [3.63, 3.8) is 0 Å². The molecule has 1 N–H and O–H groups in total. The molecule has 0 aliphatic heterocycles. The predicted octanol–water partition coefficient (Wildman–Crippen LogP) is 1.04. The third kappa shape index (κ3) is 5.28. The first-order chi connectivity index (χ1) is 3.95. The standard InChI is InChI=1S/C6H12NO2/c1-6(2,3)9-5(8)7-4/h4-5,8H,1-3H3/q+1. The van der Waals surface area contributed by atoms with Gasteiger partial charge in [0.15, 0.2) is 0 Å². The summed E-state index contributed by atoms with van der Waals surface area (Å²) >= 11 is 0. The van der Waals surface area contributed by atoms with E-state index in [1.807, 2.05) is 0 Å². The molecule has 1 atom stereocenters. The van der Waals surface area contributed by atoms with Crippen LogP contribution in [0.15, 0.2) is 0 Å². The van der Waals surface area contributed by atoms with Crippen molar-refractivity contribution in [2.24, 2.45) is 0 Å². The first-order valence-corrected chi connectivity index (χ1v) is 2.71. The van der Waals surface area contributed by atoms with E-state index in [0.717, 1.165) is 0 Å². The molecule has 52 valence electrons. The van der Waals surface area contributed by atoms with Crippen molar-refractivity contribution in [3.05, 3.63) is 4.85 Å². The minimum absolute atomic E-state index is 0.401. The lowest BCUT2D eigenvalue weighted by atomic mass is 10.2. The van der Waals surface area contributed by atoms with E-state index < -0.39 is 12.0 Å². The summed E-state index contributed by atoms with van der Waals surface area (Å²) in [7, 11) is 0. The summed E-state index contributed by atoms with van der Waals surface area (Å²) in [5.41, 5.74) is -0.401. The zero-order valence-corrected chi connectivity index (χ0v) is 5.96. The van der Waals surface area contributed by atoms with E-state index in [4.69, 9.17) is 16.4 Å². The fourth-order valence-corrected chi connectivity index (χ4v) is 0.347. The van der Waals surface area contributed by atoms with Gasteiger partial charge in [-0.15, -0.1) is 0 Å². The lowest BCUT2D eigenvalue weighted by molar-refractivity contribution is -0.139. The Morgan fingerprint density at radius 3 is 2.11 bits per heavy atom. The first kappa shape index (κ1) is 8.41. The molecule has 0 heterocycles. The summed E-state index contributed by atoms with van der Waals surface area (Å²) in [4.78, 5) is 3.01. The zero-order chi connectivity index (χ0) is 7.49. The van der Waals surface area contributed by atoms with Crippen molar-refractivity contribution in [1.29, 1.82) is 0 Å². The number of aliphatic hydroxyl groups excluding tert-OH is 1. The topological polar surface area (TPSA) is 33.8 Å². The maximum Gasteiger partial charge on any atom is 0.490 e. The van der Waals surface area contributed by atoms with E-state index in [0.29, 0.717) is 0 Å². The highest BCUT2D eigenvalue weighted by Gasteiger charge is 2.21. The number of ether oxygens (including phenoxy) is 1. The molecule has 0 bridgehead atoms. The SMILES string of the molecule is C#[N+]C(O)OC(C)(C)C. The maximum atomic E-state index is 8.68. The van der Waals surface area contributed by atoms with Crippen LogP contribution in [0, 0.1) is 6.57 Å². The van der Waals surface area contributed by atoms with Crippen LogP contribution in [0.4, 0.5) is 0 Å². The van der Waals surface area contributed by atoms with Crippen LogP contribution in [-0.2, 0) is 4.74 Å². The Balaban J connectivity index is 3.63. The summed E-state index contributed by atoms with van der Waals surface area (Å²) in [6.07, 6.45) is -1.20. The average Bonchev–Trinajstić information content (AvgIpc) is 1.62. The molecule has 0 aromatic rings. The van der Waals surface area contributed by atoms with Gasteiger partial charge in [-0.25, -0.2) is 0 Å². The molecule has 0 aromatic carbocycles. The van der Waals surface area contributed by atoms with Crippen molar-refractivity contribution in [3.8, 4) is 6.57 Å². The fraction of sp³-hybridized carbons (Fsp3) is 0.833. The number of nitrogens with zero attached hydrogens (tertiary/aromatic N) is 1. The Morgan fingerprint density at radius 2 is 2.00 bits per heavy atom. The van der Waals surface area contributed by atoms with Gasteiger partial charge >= 0.3 is 6.41 Å². The van der Waals surface area contributed by atoms with Crippen molar-refractivity contribution < 1.29 is 9.84 Å². The lowest BCUT2D eigenvalue weighted by Crippen LogP contribution is -2.24.